The molecule has 0 aliphatic rings. The molecular formula is C11H15Cl2NO. The molecule has 0 bridgehead atoms. The average molecular weight is 248 g/mol. The summed E-state index contributed by atoms with van der Waals surface area (Å²) in [6.07, 6.45) is 1.66. The summed E-state index contributed by atoms with van der Waals surface area (Å²) in [6.45, 7) is 0.568. The Morgan fingerprint density at radius 3 is 2.80 bits per heavy atom. The minimum atomic E-state index is 0.0463. The summed E-state index contributed by atoms with van der Waals surface area (Å²) < 4.78 is 4.96. The lowest BCUT2D eigenvalue weighted by Gasteiger charge is -2.11. The molecule has 1 aromatic rings. The molecule has 15 heavy (non-hydrogen) atoms. The summed E-state index contributed by atoms with van der Waals surface area (Å²) in [4.78, 5) is 0. The molecule has 2 N–H and O–H groups in total. The van der Waals surface area contributed by atoms with E-state index < -0.39 is 0 Å². The molecule has 4 heteroatoms. The van der Waals surface area contributed by atoms with Gasteiger partial charge in [0, 0.05) is 13.2 Å². The Hall–Kier alpha value is -0.280. The van der Waals surface area contributed by atoms with E-state index in [4.69, 9.17) is 33.7 Å². The van der Waals surface area contributed by atoms with Gasteiger partial charge in [0.1, 0.15) is 0 Å². The van der Waals surface area contributed by atoms with Gasteiger partial charge in [0.15, 0.2) is 0 Å². The fourth-order valence-corrected chi connectivity index (χ4v) is 1.79. The van der Waals surface area contributed by atoms with Crippen molar-refractivity contribution in [2.75, 3.05) is 13.7 Å². The number of rotatable bonds is 5. The summed E-state index contributed by atoms with van der Waals surface area (Å²) >= 11 is 12.0. The lowest BCUT2D eigenvalue weighted by atomic mass is 10.1. The van der Waals surface area contributed by atoms with E-state index in [2.05, 4.69) is 0 Å². The molecule has 1 unspecified atom stereocenters. The van der Waals surface area contributed by atoms with Gasteiger partial charge in [-0.1, -0.05) is 35.3 Å². The molecule has 1 aromatic carbocycles. The Bertz CT molecular complexity index is 317. The predicted octanol–water partition coefficient (Wildman–Crippen LogP) is 2.90. The molecule has 0 aromatic heterocycles. The van der Waals surface area contributed by atoms with Crippen LogP contribution < -0.4 is 5.73 Å². The molecule has 0 fully saturated rings. The zero-order chi connectivity index (χ0) is 11.3. The highest BCUT2D eigenvalue weighted by atomic mass is 35.5. The average Bonchev–Trinajstić information content (AvgIpc) is 2.21. The highest BCUT2D eigenvalue weighted by Gasteiger charge is 2.07. The maximum Gasteiger partial charge on any atom is 0.0624 e. The van der Waals surface area contributed by atoms with Gasteiger partial charge >= 0.3 is 0 Å². The van der Waals surface area contributed by atoms with Gasteiger partial charge in [-0.2, -0.15) is 0 Å². The first-order valence-corrected chi connectivity index (χ1v) is 5.58. The molecule has 84 valence electrons. The first kappa shape index (κ1) is 12.8. The van der Waals surface area contributed by atoms with E-state index in [1.807, 2.05) is 12.1 Å². The van der Waals surface area contributed by atoms with Crippen LogP contribution in [0.2, 0.25) is 10.0 Å². The predicted molar refractivity (Wildman–Crippen MR) is 64.6 cm³/mol. The van der Waals surface area contributed by atoms with Crippen LogP contribution in [0.3, 0.4) is 0 Å². The van der Waals surface area contributed by atoms with E-state index in [-0.39, 0.29) is 6.04 Å². The molecule has 0 amide bonds. The summed E-state index contributed by atoms with van der Waals surface area (Å²) in [5.41, 5.74) is 6.86. The first-order valence-electron chi connectivity index (χ1n) is 4.82. The largest absolute Gasteiger partial charge is 0.383 e. The van der Waals surface area contributed by atoms with Crippen LogP contribution in [0.1, 0.15) is 12.0 Å². The third-order valence-electron chi connectivity index (χ3n) is 2.20. The van der Waals surface area contributed by atoms with E-state index in [0.29, 0.717) is 16.7 Å². The van der Waals surface area contributed by atoms with E-state index in [0.717, 1.165) is 18.4 Å². The van der Waals surface area contributed by atoms with Gasteiger partial charge in [0.2, 0.25) is 0 Å². The van der Waals surface area contributed by atoms with Crippen molar-refractivity contribution in [3.05, 3.63) is 33.8 Å². The Labute approximate surface area is 100 Å². The van der Waals surface area contributed by atoms with E-state index in [1.165, 1.54) is 0 Å². The third kappa shape index (κ3) is 3.99. The Balaban J connectivity index is 2.54. The smallest absolute Gasteiger partial charge is 0.0624 e. The Morgan fingerprint density at radius 2 is 2.13 bits per heavy atom. The molecule has 0 spiro atoms. The van der Waals surface area contributed by atoms with Gasteiger partial charge in [-0.15, -0.1) is 0 Å². The molecule has 0 saturated heterocycles. The number of benzene rings is 1. The number of aryl methyl sites for hydroxylation is 1. The van der Waals surface area contributed by atoms with Crippen molar-refractivity contribution in [2.24, 2.45) is 5.73 Å². The second-order valence-corrected chi connectivity index (χ2v) is 4.25. The second kappa shape index (κ2) is 6.33. The van der Waals surface area contributed by atoms with Crippen LogP contribution in [-0.4, -0.2) is 19.8 Å². The van der Waals surface area contributed by atoms with Crippen molar-refractivity contribution in [1.82, 2.24) is 0 Å². The standard InChI is InChI=1S/C11H15Cl2NO/c1-15-7-9(14)6-5-8-3-2-4-10(12)11(8)13/h2-4,9H,5-7,14H2,1H3. The van der Waals surface area contributed by atoms with Gasteiger partial charge in [-0.05, 0) is 24.5 Å². The van der Waals surface area contributed by atoms with E-state index in [9.17, 15) is 0 Å². The van der Waals surface area contributed by atoms with Crippen LogP contribution in [0, 0.1) is 0 Å². The van der Waals surface area contributed by atoms with Crippen LogP contribution in [0.5, 0.6) is 0 Å². The van der Waals surface area contributed by atoms with Gasteiger partial charge in [0.05, 0.1) is 16.7 Å². The van der Waals surface area contributed by atoms with Crippen LogP contribution in [0.4, 0.5) is 0 Å². The van der Waals surface area contributed by atoms with E-state index in [1.54, 1.807) is 13.2 Å². The lowest BCUT2D eigenvalue weighted by molar-refractivity contribution is 0.177. The molecule has 0 radical (unpaired) electrons. The maximum absolute atomic E-state index is 6.05. The highest BCUT2D eigenvalue weighted by Crippen LogP contribution is 2.26. The van der Waals surface area contributed by atoms with E-state index >= 15 is 0 Å². The number of ether oxygens (including phenoxy) is 1. The fraction of sp³-hybridized carbons (Fsp3) is 0.455. The summed E-state index contributed by atoms with van der Waals surface area (Å²) in [5, 5.41) is 1.22. The van der Waals surface area contributed by atoms with Crippen molar-refractivity contribution in [2.45, 2.75) is 18.9 Å². The molecule has 0 aliphatic carbocycles. The van der Waals surface area contributed by atoms with Gasteiger partial charge < -0.3 is 10.5 Å². The highest BCUT2D eigenvalue weighted by molar-refractivity contribution is 6.42. The molecule has 1 atom stereocenters. The summed E-state index contributed by atoms with van der Waals surface area (Å²) in [7, 11) is 1.65. The lowest BCUT2D eigenvalue weighted by Crippen LogP contribution is -2.26. The quantitative estimate of drug-likeness (QED) is 0.869. The molecule has 0 aliphatic heterocycles. The van der Waals surface area contributed by atoms with Crippen molar-refractivity contribution >= 4 is 23.2 Å². The van der Waals surface area contributed by atoms with Crippen LogP contribution >= 0.6 is 23.2 Å². The van der Waals surface area contributed by atoms with Crippen LogP contribution in [-0.2, 0) is 11.2 Å². The summed E-state index contributed by atoms with van der Waals surface area (Å²) in [6, 6.07) is 5.69. The number of halogens is 2. The SMILES string of the molecule is COCC(N)CCc1cccc(Cl)c1Cl. The molecule has 0 saturated carbocycles. The first-order chi connectivity index (χ1) is 7.15. The normalized spacial score (nSPS) is 12.8. The molecule has 0 heterocycles. The zero-order valence-electron chi connectivity index (χ0n) is 8.67. The second-order valence-electron chi connectivity index (χ2n) is 3.47. The van der Waals surface area contributed by atoms with Crippen molar-refractivity contribution in [3.8, 4) is 0 Å². The number of nitrogens with two attached hydrogens (primary N) is 1. The number of hydrogen-bond donors (Lipinski definition) is 1. The van der Waals surface area contributed by atoms with Crippen LogP contribution in [0.25, 0.3) is 0 Å². The van der Waals surface area contributed by atoms with Gasteiger partial charge in [-0.25, -0.2) is 0 Å². The van der Waals surface area contributed by atoms with Gasteiger partial charge in [0.25, 0.3) is 0 Å². The fourth-order valence-electron chi connectivity index (χ4n) is 1.38. The molecule has 1 rings (SSSR count). The maximum atomic E-state index is 6.05. The topological polar surface area (TPSA) is 35.2 Å². The zero-order valence-corrected chi connectivity index (χ0v) is 10.2. The third-order valence-corrected chi connectivity index (χ3v) is 3.05. The molecular weight excluding hydrogens is 233 g/mol. The van der Waals surface area contributed by atoms with Gasteiger partial charge in [-0.3, -0.25) is 0 Å². The molecule has 2 nitrogen and oxygen atoms in total. The number of hydrogen-bond acceptors (Lipinski definition) is 2. The van der Waals surface area contributed by atoms with Crippen LogP contribution in [0.15, 0.2) is 18.2 Å². The Kier molecular flexibility index (Phi) is 5.40. The summed E-state index contributed by atoms with van der Waals surface area (Å²) in [5.74, 6) is 0. The number of methoxy groups -OCH3 is 1. The minimum absolute atomic E-state index is 0.0463. The minimum Gasteiger partial charge on any atom is -0.383 e. The Morgan fingerprint density at radius 1 is 1.40 bits per heavy atom. The van der Waals surface area contributed by atoms with Crippen molar-refractivity contribution in [1.29, 1.82) is 0 Å². The monoisotopic (exact) mass is 247 g/mol. The van der Waals surface area contributed by atoms with Crippen molar-refractivity contribution in [3.63, 3.8) is 0 Å². The van der Waals surface area contributed by atoms with Crippen molar-refractivity contribution < 1.29 is 4.74 Å².